The molecule has 2 N–H and O–H groups in total. The highest BCUT2D eigenvalue weighted by atomic mass is 19.1. The number of imidazole rings is 1. The average Bonchev–Trinajstić information content (AvgIpc) is 3.11. The van der Waals surface area contributed by atoms with Gasteiger partial charge in [0.15, 0.2) is 0 Å². The summed E-state index contributed by atoms with van der Waals surface area (Å²) in [5, 5.41) is 10.7. The van der Waals surface area contributed by atoms with Gasteiger partial charge in [-0.2, -0.15) is 0 Å². The first-order valence-electron chi connectivity index (χ1n) is 8.35. The van der Waals surface area contributed by atoms with E-state index in [0.29, 0.717) is 18.7 Å². The predicted octanol–water partition coefficient (Wildman–Crippen LogP) is 2.44. The molecule has 6 heteroatoms. The number of aromatic amines is 1. The van der Waals surface area contributed by atoms with Gasteiger partial charge in [0, 0.05) is 31.7 Å². The number of β-amino-alcohol motifs (C(OH)–C–C–N with tert-alkyl or cyclic N) is 1. The average molecular weight is 333 g/mol. The van der Waals surface area contributed by atoms with Gasteiger partial charge in [-0.25, -0.2) is 9.37 Å². The highest BCUT2D eigenvalue weighted by Crippen LogP contribution is 2.25. The van der Waals surface area contributed by atoms with Crippen LogP contribution in [0.5, 0.6) is 5.75 Å². The topological polar surface area (TPSA) is 61.4 Å². The van der Waals surface area contributed by atoms with Crippen LogP contribution in [-0.4, -0.2) is 45.3 Å². The molecule has 130 valence electrons. The van der Waals surface area contributed by atoms with E-state index in [9.17, 15) is 9.50 Å². The molecule has 3 rings (SSSR count). The van der Waals surface area contributed by atoms with Gasteiger partial charge >= 0.3 is 0 Å². The number of aromatic nitrogens is 2. The quantitative estimate of drug-likeness (QED) is 0.852. The zero-order valence-corrected chi connectivity index (χ0v) is 14.2. The fourth-order valence-electron chi connectivity index (χ4n) is 3.04. The van der Waals surface area contributed by atoms with Crippen molar-refractivity contribution in [3.05, 3.63) is 47.3 Å². The fraction of sp³-hybridized carbons (Fsp3) is 0.500. The van der Waals surface area contributed by atoms with Crippen LogP contribution < -0.4 is 4.74 Å². The SMILES string of the molecule is CCc1nc(CN2CC[C@](O)(COc3ccc(F)cc3)C2)c(C)[nH]1. The van der Waals surface area contributed by atoms with Crippen LogP contribution in [0.4, 0.5) is 4.39 Å². The lowest BCUT2D eigenvalue weighted by Crippen LogP contribution is -2.39. The Morgan fingerprint density at radius 1 is 1.38 bits per heavy atom. The van der Waals surface area contributed by atoms with E-state index in [2.05, 4.69) is 21.8 Å². The normalized spacial score (nSPS) is 21.3. The van der Waals surface area contributed by atoms with Crippen LogP contribution in [0.3, 0.4) is 0 Å². The fourth-order valence-corrected chi connectivity index (χ4v) is 3.04. The van der Waals surface area contributed by atoms with Crippen LogP contribution in [0.2, 0.25) is 0 Å². The Balaban J connectivity index is 1.55. The first-order chi connectivity index (χ1) is 11.5. The molecule has 1 aliphatic rings. The molecule has 0 saturated carbocycles. The van der Waals surface area contributed by atoms with E-state index < -0.39 is 5.60 Å². The molecular formula is C18H24FN3O2. The van der Waals surface area contributed by atoms with E-state index in [-0.39, 0.29) is 12.4 Å². The van der Waals surface area contributed by atoms with Crippen molar-refractivity contribution in [2.75, 3.05) is 19.7 Å². The Hall–Kier alpha value is -1.92. The van der Waals surface area contributed by atoms with Crippen LogP contribution in [0.25, 0.3) is 0 Å². The summed E-state index contributed by atoms with van der Waals surface area (Å²) < 4.78 is 18.5. The monoisotopic (exact) mass is 333 g/mol. The van der Waals surface area contributed by atoms with E-state index in [1.807, 2.05) is 6.92 Å². The van der Waals surface area contributed by atoms with Gasteiger partial charge in [0.05, 0.1) is 5.69 Å². The van der Waals surface area contributed by atoms with Crippen molar-refractivity contribution >= 4 is 0 Å². The predicted molar refractivity (Wildman–Crippen MR) is 89.4 cm³/mol. The van der Waals surface area contributed by atoms with Crippen molar-refractivity contribution in [2.24, 2.45) is 0 Å². The summed E-state index contributed by atoms with van der Waals surface area (Å²) in [5.41, 5.74) is 1.24. The maximum Gasteiger partial charge on any atom is 0.123 e. The third-order valence-corrected chi connectivity index (χ3v) is 4.48. The van der Waals surface area contributed by atoms with Gasteiger partial charge in [-0.05, 0) is 37.6 Å². The summed E-state index contributed by atoms with van der Waals surface area (Å²) in [5.74, 6) is 1.27. The number of nitrogens with zero attached hydrogens (tertiary/aromatic N) is 2. The number of aryl methyl sites for hydroxylation is 2. The second kappa shape index (κ2) is 6.91. The molecule has 0 aliphatic carbocycles. The van der Waals surface area contributed by atoms with Gasteiger partial charge < -0.3 is 14.8 Å². The molecule has 0 radical (unpaired) electrons. The lowest BCUT2D eigenvalue weighted by Gasteiger charge is -2.23. The lowest BCUT2D eigenvalue weighted by molar-refractivity contribution is 0.00328. The number of rotatable bonds is 6. The molecule has 2 aromatic rings. The Kier molecular flexibility index (Phi) is 4.87. The zero-order chi connectivity index (χ0) is 17.2. The number of likely N-dealkylation sites (tertiary alicyclic amines) is 1. The Labute approximate surface area is 141 Å². The molecule has 1 aliphatic heterocycles. The van der Waals surface area contributed by atoms with Crippen LogP contribution in [0, 0.1) is 12.7 Å². The Bertz CT molecular complexity index is 686. The minimum Gasteiger partial charge on any atom is -0.491 e. The lowest BCUT2D eigenvalue weighted by atomic mass is 10.1. The van der Waals surface area contributed by atoms with Crippen molar-refractivity contribution in [3.63, 3.8) is 0 Å². The van der Waals surface area contributed by atoms with Crippen molar-refractivity contribution in [3.8, 4) is 5.75 Å². The summed E-state index contributed by atoms with van der Waals surface area (Å²) in [6, 6.07) is 5.85. The van der Waals surface area contributed by atoms with Gasteiger partial charge in [0.1, 0.15) is 29.6 Å². The van der Waals surface area contributed by atoms with E-state index in [0.717, 1.165) is 36.7 Å². The van der Waals surface area contributed by atoms with Gasteiger partial charge in [0.2, 0.25) is 0 Å². The second-order valence-electron chi connectivity index (χ2n) is 6.54. The van der Waals surface area contributed by atoms with Gasteiger partial charge in [0.25, 0.3) is 0 Å². The third-order valence-electron chi connectivity index (χ3n) is 4.48. The molecule has 2 heterocycles. The van der Waals surface area contributed by atoms with Gasteiger partial charge in [-0.15, -0.1) is 0 Å². The largest absolute Gasteiger partial charge is 0.491 e. The molecule has 0 amide bonds. The molecule has 1 fully saturated rings. The number of aliphatic hydroxyl groups is 1. The highest BCUT2D eigenvalue weighted by molar-refractivity contribution is 5.22. The first-order valence-corrected chi connectivity index (χ1v) is 8.35. The Morgan fingerprint density at radius 2 is 2.12 bits per heavy atom. The van der Waals surface area contributed by atoms with Crippen molar-refractivity contribution in [1.82, 2.24) is 14.9 Å². The molecule has 1 atom stereocenters. The minimum atomic E-state index is -0.883. The molecule has 0 unspecified atom stereocenters. The molecular weight excluding hydrogens is 309 g/mol. The van der Waals surface area contributed by atoms with E-state index >= 15 is 0 Å². The smallest absolute Gasteiger partial charge is 0.123 e. The van der Waals surface area contributed by atoms with Crippen LogP contribution in [-0.2, 0) is 13.0 Å². The molecule has 1 saturated heterocycles. The third kappa shape index (κ3) is 3.94. The number of halogens is 1. The van der Waals surface area contributed by atoms with Crippen molar-refractivity contribution < 1.29 is 14.2 Å². The number of hydrogen-bond acceptors (Lipinski definition) is 4. The molecule has 5 nitrogen and oxygen atoms in total. The molecule has 24 heavy (non-hydrogen) atoms. The van der Waals surface area contributed by atoms with Crippen LogP contribution >= 0.6 is 0 Å². The number of ether oxygens (including phenoxy) is 1. The first kappa shape index (κ1) is 16.9. The summed E-state index contributed by atoms with van der Waals surface area (Å²) in [7, 11) is 0. The van der Waals surface area contributed by atoms with E-state index in [4.69, 9.17) is 4.74 Å². The summed E-state index contributed by atoms with van der Waals surface area (Å²) in [4.78, 5) is 10.1. The number of hydrogen-bond donors (Lipinski definition) is 2. The maximum atomic E-state index is 12.9. The Morgan fingerprint density at radius 3 is 2.79 bits per heavy atom. The maximum absolute atomic E-state index is 12.9. The van der Waals surface area contributed by atoms with Crippen LogP contribution in [0.15, 0.2) is 24.3 Å². The second-order valence-corrected chi connectivity index (χ2v) is 6.54. The highest BCUT2D eigenvalue weighted by Gasteiger charge is 2.37. The number of H-pyrrole nitrogens is 1. The molecule has 0 spiro atoms. The summed E-state index contributed by atoms with van der Waals surface area (Å²) in [6.07, 6.45) is 1.54. The number of benzene rings is 1. The van der Waals surface area contributed by atoms with Gasteiger partial charge in [-0.1, -0.05) is 6.92 Å². The summed E-state index contributed by atoms with van der Waals surface area (Å²) >= 11 is 0. The van der Waals surface area contributed by atoms with Crippen LogP contribution in [0.1, 0.15) is 30.6 Å². The van der Waals surface area contributed by atoms with Gasteiger partial charge in [-0.3, -0.25) is 4.90 Å². The zero-order valence-electron chi connectivity index (χ0n) is 14.2. The van der Waals surface area contributed by atoms with E-state index in [1.165, 1.54) is 12.1 Å². The minimum absolute atomic E-state index is 0.203. The van der Waals surface area contributed by atoms with E-state index in [1.54, 1.807) is 12.1 Å². The molecule has 1 aromatic heterocycles. The molecule has 1 aromatic carbocycles. The van der Waals surface area contributed by atoms with Crippen molar-refractivity contribution in [1.29, 1.82) is 0 Å². The standard InChI is InChI=1S/C18H24FN3O2/c1-3-17-20-13(2)16(21-17)10-22-9-8-18(23,11-22)12-24-15-6-4-14(19)5-7-15/h4-7,23H,3,8-12H2,1-2H3,(H,20,21)/t18-/m1/s1. The van der Waals surface area contributed by atoms with Crippen molar-refractivity contribution in [2.45, 2.75) is 38.8 Å². The summed E-state index contributed by atoms with van der Waals surface area (Å²) in [6.45, 7) is 6.37. The number of nitrogens with one attached hydrogen (secondary N) is 1. The molecule has 0 bridgehead atoms.